The Hall–Kier alpha value is -2.30. The molecule has 0 aliphatic rings. The lowest BCUT2D eigenvalue weighted by molar-refractivity contribution is -0.144. The molecule has 3 aromatic rings. The molecule has 0 aliphatic heterocycles. The Morgan fingerprint density at radius 3 is 2.20 bits per heavy atom. The highest BCUT2D eigenvalue weighted by Gasteiger charge is 2.09. The van der Waals surface area contributed by atoms with Crippen molar-refractivity contribution < 1.29 is 9.53 Å². The van der Waals surface area contributed by atoms with Crippen LogP contribution >= 0.6 is 23.2 Å². The van der Waals surface area contributed by atoms with E-state index in [1.54, 1.807) is 18.3 Å². The predicted octanol–water partition coefficient (Wildman–Crippen LogP) is 4.52. The maximum atomic E-state index is 12.0. The second-order valence-electron chi connectivity index (χ2n) is 5.56. The molecule has 4 nitrogen and oxygen atoms in total. The van der Waals surface area contributed by atoms with Gasteiger partial charge in [-0.05, 0) is 35.4 Å². The minimum Gasteiger partial charge on any atom is -0.457 e. The quantitative estimate of drug-likeness (QED) is 0.595. The first-order valence-corrected chi connectivity index (χ1v) is 8.50. The van der Waals surface area contributed by atoms with Gasteiger partial charge in [-0.3, -0.25) is 4.79 Å². The first-order valence-electron chi connectivity index (χ1n) is 7.75. The van der Waals surface area contributed by atoms with Gasteiger partial charge in [-0.25, -0.2) is 4.98 Å². The molecule has 0 saturated heterocycles. The summed E-state index contributed by atoms with van der Waals surface area (Å²) in [6.45, 7) is 0.772. The van der Waals surface area contributed by atoms with E-state index in [0.717, 1.165) is 11.1 Å². The van der Waals surface area contributed by atoms with E-state index < -0.39 is 0 Å². The smallest absolute Gasteiger partial charge is 0.310 e. The number of aromatic nitrogens is 2. The van der Waals surface area contributed by atoms with Gasteiger partial charge in [-0.15, -0.1) is 0 Å². The van der Waals surface area contributed by atoms with E-state index in [1.165, 1.54) is 0 Å². The van der Waals surface area contributed by atoms with Gasteiger partial charge in [-0.1, -0.05) is 47.5 Å². The number of benzene rings is 2. The molecule has 25 heavy (non-hydrogen) atoms. The number of halogens is 2. The van der Waals surface area contributed by atoms with Crippen molar-refractivity contribution in [1.29, 1.82) is 0 Å². The number of nitrogens with zero attached hydrogens (tertiary/aromatic N) is 2. The maximum Gasteiger partial charge on any atom is 0.310 e. The van der Waals surface area contributed by atoms with Crippen LogP contribution in [0.15, 0.2) is 60.9 Å². The van der Waals surface area contributed by atoms with Crippen molar-refractivity contribution in [3.05, 3.63) is 87.9 Å². The molecule has 0 unspecified atom stereocenters. The van der Waals surface area contributed by atoms with Crippen LogP contribution in [0.2, 0.25) is 10.0 Å². The van der Waals surface area contributed by atoms with Crippen LogP contribution in [0.1, 0.15) is 17.0 Å². The van der Waals surface area contributed by atoms with Gasteiger partial charge in [0.1, 0.15) is 12.4 Å². The van der Waals surface area contributed by atoms with Gasteiger partial charge in [0, 0.05) is 29.0 Å². The highest BCUT2D eigenvalue weighted by molar-refractivity contribution is 6.30. The summed E-state index contributed by atoms with van der Waals surface area (Å²) >= 11 is 11.7. The van der Waals surface area contributed by atoms with Gasteiger partial charge < -0.3 is 9.30 Å². The van der Waals surface area contributed by atoms with Gasteiger partial charge >= 0.3 is 5.97 Å². The second kappa shape index (κ2) is 8.19. The predicted molar refractivity (Wildman–Crippen MR) is 97.7 cm³/mol. The molecule has 0 amide bonds. The number of carbonyl (C=O) groups is 1. The van der Waals surface area contributed by atoms with E-state index in [4.69, 9.17) is 27.9 Å². The fourth-order valence-electron chi connectivity index (χ4n) is 2.38. The third-order valence-corrected chi connectivity index (χ3v) is 4.20. The molecule has 1 heterocycles. The van der Waals surface area contributed by atoms with Gasteiger partial charge in [0.05, 0.1) is 6.42 Å². The molecule has 0 N–H and O–H groups in total. The highest BCUT2D eigenvalue weighted by Crippen LogP contribution is 2.13. The number of hydrogen-bond acceptors (Lipinski definition) is 3. The van der Waals surface area contributed by atoms with Crippen LogP contribution in [-0.2, 0) is 29.1 Å². The monoisotopic (exact) mass is 374 g/mol. The first kappa shape index (κ1) is 17.5. The molecule has 0 spiro atoms. The molecule has 1 aromatic heterocycles. The Labute approximate surface area is 156 Å². The molecular weight excluding hydrogens is 359 g/mol. The molecule has 0 fully saturated rings. The van der Waals surface area contributed by atoms with Crippen LogP contribution in [0.5, 0.6) is 0 Å². The largest absolute Gasteiger partial charge is 0.457 e. The maximum absolute atomic E-state index is 12.0. The summed E-state index contributed by atoms with van der Waals surface area (Å²) in [4.78, 5) is 16.3. The number of imidazole rings is 1. The summed E-state index contributed by atoms with van der Waals surface area (Å²) in [5.41, 5.74) is 1.95. The lowest BCUT2D eigenvalue weighted by Crippen LogP contribution is -2.12. The summed E-state index contributed by atoms with van der Waals surface area (Å²) in [6.07, 6.45) is 3.75. The first-order chi connectivity index (χ1) is 12.1. The van der Waals surface area contributed by atoms with Crippen molar-refractivity contribution >= 4 is 29.2 Å². The zero-order valence-corrected chi connectivity index (χ0v) is 14.9. The lowest BCUT2D eigenvalue weighted by Gasteiger charge is -2.09. The number of esters is 1. The van der Waals surface area contributed by atoms with Gasteiger partial charge in [0.2, 0.25) is 0 Å². The van der Waals surface area contributed by atoms with Crippen LogP contribution in [-0.4, -0.2) is 15.5 Å². The lowest BCUT2D eigenvalue weighted by atomic mass is 10.1. The molecule has 6 heteroatoms. The van der Waals surface area contributed by atoms with E-state index in [-0.39, 0.29) is 19.0 Å². The number of hydrogen-bond donors (Lipinski definition) is 0. The van der Waals surface area contributed by atoms with Crippen molar-refractivity contribution in [2.75, 3.05) is 0 Å². The van der Waals surface area contributed by atoms with E-state index in [9.17, 15) is 4.79 Å². The van der Waals surface area contributed by atoms with Crippen LogP contribution in [0, 0.1) is 0 Å². The van der Waals surface area contributed by atoms with E-state index in [2.05, 4.69) is 4.98 Å². The standard InChI is InChI=1S/C19H16Cl2N2O2/c20-16-5-1-14(2-6-16)11-19(24)25-13-18-22-9-10-23(18)12-15-3-7-17(21)8-4-15/h1-10H,11-13H2. The summed E-state index contributed by atoms with van der Waals surface area (Å²) in [6, 6.07) is 14.7. The fraction of sp³-hybridized carbons (Fsp3) is 0.158. The third kappa shape index (κ3) is 5.08. The Bertz CT molecular complexity index is 843. The van der Waals surface area contributed by atoms with Gasteiger partial charge in [0.25, 0.3) is 0 Å². The highest BCUT2D eigenvalue weighted by atomic mass is 35.5. The minimum absolute atomic E-state index is 0.132. The number of rotatable bonds is 6. The van der Waals surface area contributed by atoms with Crippen molar-refractivity contribution in [2.24, 2.45) is 0 Å². The SMILES string of the molecule is O=C(Cc1ccc(Cl)cc1)OCc1nccn1Cc1ccc(Cl)cc1. The summed E-state index contributed by atoms with van der Waals surface area (Å²) in [7, 11) is 0. The molecule has 0 atom stereocenters. The topological polar surface area (TPSA) is 44.1 Å². The fourth-order valence-corrected chi connectivity index (χ4v) is 2.63. The zero-order valence-electron chi connectivity index (χ0n) is 13.4. The minimum atomic E-state index is -0.302. The Kier molecular flexibility index (Phi) is 5.74. The van der Waals surface area contributed by atoms with Gasteiger partial charge in [-0.2, -0.15) is 0 Å². The Morgan fingerprint density at radius 1 is 0.960 bits per heavy atom. The Balaban J connectivity index is 1.56. The van der Waals surface area contributed by atoms with Crippen LogP contribution in [0.4, 0.5) is 0 Å². The van der Waals surface area contributed by atoms with Crippen LogP contribution < -0.4 is 0 Å². The van der Waals surface area contributed by atoms with Crippen molar-refractivity contribution in [1.82, 2.24) is 9.55 Å². The molecule has 0 bridgehead atoms. The molecule has 128 valence electrons. The van der Waals surface area contributed by atoms with Crippen LogP contribution in [0.25, 0.3) is 0 Å². The summed E-state index contributed by atoms with van der Waals surface area (Å²) in [5.74, 6) is 0.391. The van der Waals surface area contributed by atoms with Gasteiger partial charge in [0.15, 0.2) is 0 Å². The van der Waals surface area contributed by atoms with E-state index >= 15 is 0 Å². The second-order valence-corrected chi connectivity index (χ2v) is 6.43. The number of ether oxygens (including phenoxy) is 1. The van der Waals surface area contributed by atoms with Crippen LogP contribution in [0.3, 0.4) is 0 Å². The summed E-state index contributed by atoms with van der Waals surface area (Å²) < 4.78 is 7.28. The third-order valence-electron chi connectivity index (χ3n) is 3.69. The van der Waals surface area contributed by atoms with E-state index in [1.807, 2.05) is 47.2 Å². The van der Waals surface area contributed by atoms with Crippen molar-refractivity contribution in [2.45, 2.75) is 19.6 Å². The summed E-state index contributed by atoms with van der Waals surface area (Å²) in [5, 5.41) is 1.34. The molecule has 0 aliphatic carbocycles. The molecule has 3 rings (SSSR count). The van der Waals surface area contributed by atoms with Crippen molar-refractivity contribution in [3.63, 3.8) is 0 Å². The zero-order chi connectivity index (χ0) is 17.6. The average molecular weight is 375 g/mol. The number of carbonyl (C=O) groups excluding carboxylic acids is 1. The van der Waals surface area contributed by atoms with E-state index in [0.29, 0.717) is 22.4 Å². The Morgan fingerprint density at radius 2 is 1.56 bits per heavy atom. The van der Waals surface area contributed by atoms with Crippen molar-refractivity contribution in [3.8, 4) is 0 Å². The average Bonchev–Trinajstić information content (AvgIpc) is 3.04. The molecular formula is C19H16Cl2N2O2. The molecule has 0 saturated carbocycles. The normalized spacial score (nSPS) is 10.6. The molecule has 2 aromatic carbocycles. The molecule has 0 radical (unpaired) electrons.